The maximum absolute atomic E-state index is 5.44. The summed E-state index contributed by atoms with van der Waals surface area (Å²) in [5, 5.41) is 18.2. The SMILES string of the molecule is CCNc1cnc(-c2noc(C3CCCc4n[nH]nc43)n2)cn1. The number of aryl methyl sites for hydroxylation is 1. The molecule has 118 valence electrons. The number of nitrogens with one attached hydrogen (secondary N) is 2. The number of nitrogens with zero attached hydrogens (tertiary/aromatic N) is 6. The van der Waals surface area contributed by atoms with E-state index in [0.717, 1.165) is 43.0 Å². The Morgan fingerprint density at radius 3 is 3.09 bits per heavy atom. The van der Waals surface area contributed by atoms with E-state index in [4.69, 9.17) is 4.52 Å². The monoisotopic (exact) mass is 312 g/mol. The first kappa shape index (κ1) is 13.8. The highest BCUT2D eigenvalue weighted by Crippen LogP contribution is 2.33. The fourth-order valence-corrected chi connectivity index (χ4v) is 2.77. The van der Waals surface area contributed by atoms with Crippen LogP contribution in [0, 0.1) is 0 Å². The molecule has 1 aliphatic rings. The summed E-state index contributed by atoms with van der Waals surface area (Å²) in [5.74, 6) is 1.70. The molecule has 3 aromatic heterocycles. The van der Waals surface area contributed by atoms with Crippen LogP contribution < -0.4 is 5.32 Å². The van der Waals surface area contributed by atoms with Gasteiger partial charge in [0.15, 0.2) is 0 Å². The van der Waals surface area contributed by atoms with Crippen LogP contribution >= 0.6 is 0 Å². The molecule has 9 heteroatoms. The molecule has 1 aliphatic carbocycles. The summed E-state index contributed by atoms with van der Waals surface area (Å²) in [6.45, 7) is 2.80. The van der Waals surface area contributed by atoms with E-state index in [-0.39, 0.29) is 5.92 Å². The quantitative estimate of drug-likeness (QED) is 0.744. The molecule has 0 saturated carbocycles. The van der Waals surface area contributed by atoms with Crippen molar-refractivity contribution in [1.29, 1.82) is 0 Å². The van der Waals surface area contributed by atoms with Gasteiger partial charge in [-0.1, -0.05) is 5.16 Å². The minimum Gasteiger partial charge on any atom is -0.369 e. The Bertz CT molecular complexity index is 793. The van der Waals surface area contributed by atoms with Crippen molar-refractivity contribution < 1.29 is 4.52 Å². The molecule has 3 aromatic rings. The van der Waals surface area contributed by atoms with Crippen molar-refractivity contribution in [3.05, 3.63) is 29.7 Å². The third-order valence-corrected chi connectivity index (χ3v) is 3.87. The van der Waals surface area contributed by atoms with Crippen molar-refractivity contribution >= 4 is 5.82 Å². The van der Waals surface area contributed by atoms with Gasteiger partial charge in [-0.3, -0.25) is 0 Å². The van der Waals surface area contributed by atoms with Gasteiger partial charge in [-0.25, -0.2) is 9.97 Å². The predicted octanol–water partition coefficient (Wildman–Crippen LogP) is 1.54. The zero-order valence-electron chi connectivity index (χ0n) is 12.7. The second-order valence-corrected chi connectivity index (χ2v) is 5.37. The predicted molar refractivity (Wildman–Crippen MR) is 80.7 cm³/mol. The van der Waals surface area contributed by atoms with Crippen molar-refractivity contribution in [3.63, 3.8) is 0 Å². The topological polar surface area (TPSA) is 118 Å². The van der Waals surface area contributed by atoms with Crippen molar-refractivity contribution in [2.75, 3.05) is 11.9 Å². The van der Waals surface area contributed by atoms with Gasteiger partial charge in [0.05, 0.1) is 29.7 Å². The Morgan fingerprint density at radius 2 is 2.26 bits per heavy atom. The fourth-order valence-electron chi connectivity index (χ4n) is 2.77. The molecule has 9 nitrogen and oxygen atoms in total. The molecular weight excluding hydrogens is 296 g/mol. The van der Waals surface area contributed by atoms with E-state index in [1.54, 1.807) is 12.4 Å². The van der Waals surface area contributed by atoms with Crippen LogP contribution in [0.15, 0.2) is 16.9 Å². The first-order valence-electron chi connectivity index (χ1n) is 7.64. The van der Waals surface area contributed by atoms with E-state index >= 15 is 0 Å². The molecule has 1 atom stereocenters. The van der Waals surface area contributed by atoms with Crippen LogP contribution in [0.4, 0.5) is 5.82 Å². The fraction of sp³-hybridized carbons (Fsp3) is 0.429. The first-order valence-corrected chi connectivity index (χ1v) is 7.64. The van der Waals surface area contributed by atoms with Crippen molar-refractivity contribution in [2.45, 2.75) is 32.1 Å². The van der Waals surface area contributed by atoms with Crippen LogP contribution in [0.1, 0.15) is 43.0 Å². The standard InChI is InChI=1S/C14H16N8O/c1-2-15-11-7-16-10(6-17-11)13-18-14(23-21-13)8-4-3-5-9-12(8)20-22-19-9/h6-8H,2-5H2,1H3,(H,15,17)(H,19,20,22). The lowest BCUT2D eigenvalue weighted by Gasteiger charge is -2.15. The lowest BCUT2D eigenvalue weighted by Crippen LogP contribution is -2.11. The van der Waals surface area contributed by atoms with Gasteiger partial charge in [0, 0.05) is 6.54 Å². The minimum atomic E-state index is -0.00672. The van der Waals surface area contributed by atoms with Crippen LogP contribution in [0.25, 0.3) is 11.5 Å². The molecule has 0 saturated heterocycles. The first-order chi connectivity index (χ1) is 11.3. The normalized spacial score (nSPS) is 17.0. The van der Waals surface area contributed by atoms with Gasteiger partial charge in [0.2, 0.25) is 11.7 Å². The Hall–Kier alpha value is -2.84. The summed E-state index contributed by atoms with van der Waals surface area (Å²) < 4.78 is 5.44. The molecule has 0 amide bonds. The summed E-state index contributed by atoms with van der Waals surface area (Å²) >= 11 is 0. The molecule has 0 bridgehead atoms. The van der Waals surface area contributed by atoms with Gasteiger partial charge in [0.25, 0.3) is 0 Å². The lowest BCUT2D eigenvalue weighted by molar-refractivity contribution is 0.352. The van der Waals surface area contributed by atoms with Gasteiger partial charge >= 0.3 is 0 Å². The number of rotatable bonds is 4. The third kappa shape index (κ3) is 2.54. The average Bonchev–Trinajstić information content (AvgIpc) is 3.25. The maximum Gasteiger partial charge on any atom is 0.236 e. The van der Waals surface area contributed by atoms with Crippen LogP contribution in [-0.4, -0.2) is 42.1 Å². The molecule has 0 radical (unpaired) electrons. The number of aromatic nitrogens is 7. The van der Waals surface area contributed by atoms with Crippen molar-refractivity contribution in [2.24, 2.45) is 0 Å². The van der Waals surface area contributed by atoms with E-state index in [0.29, 0.717) is 17.4 Å². The smallest absolute Gasteiger partial charge is 0.236 e. The number of anilines is 1. The highest BCUT2D eigenvalue weighted by atomic mass is 16.5. The molecule has 4 rings (SSSR count). The molecule has 3 heterocycles. The Labute approximate surface area is 131 Å². The van der Waals surface area contributed by atoms with Gasteiger partial charge < -0.3 is 9.84 Å². The van der Waals surface area contributed by atoms with Crippen molar-refractivity contribution in [3.8, 4) is 11.5 Å². The molecule has 2 N–H and O–H groups in total. The van der Waals surface area contributed by atoms with Gasteiger partial charge in [-0.2, -0.15) is 20.4 Å². The number of hydrogen-bond acceptors (Lipinski definition) is 8. The number of H-pyrrole nitrogens is 1. The maximum atomic E-state index is 5.44. The van der Waals surface area contributed by atoms with E-state index in [9.17, 15) is 0 Å². The largest absolute Gasteiger partial charge is 0.369 e. The van der Waals surface area contributed by atoms with Gasteiger partial charge in [-0.05, 0) is 26.2 Å². The summed E-state index contributed by atoms with van der Waals surface area (Å²) in [5.41, 5.74) is 2.47. The number of fused-ring (bicyclic) bond motifs is 1. The van der Waals surface area contributed by atoms with Crippen LogP contribution in [0.2, 0.25) is 0 Å². The minimum absolute atomic E-state index is 0.00672. The zero-order chi connectivity index (χ0) is 15.6. The highest BCUT2D eigenvalue weighted by Gasteiger charge is 2.30. The Morgan fingerprint density at radius 1 is 1.30 bits per heavy atom. The van der Waals surface area contributed by atoms with Gasteiger partial charge in [-0.15, -0.1) is 0 Å². The second-order valence-electron chi connectivity index (χ2n) is 5.37. The van der Waals surface area contributed by atoms with Crippen LogP contribution in [-0.2, 0) is 6.42 Å². The lowest BCUT2D eigenvalue weighted by atomic mass is 9.90. The molecule has 0 aliphatic heterocycles. The third-order valence-electron chi connectivity index (χ3n) is 3.87. The van der Waals surface area contributed by atoms with Crippen LogP contribution in [0.5, 0.6) is 0 Å². The molecule has 23 heavy (non-hydrogen) atoms. The van der Waals surface area contributed by atoms with E-state index in [1.165, 1.54) is 0 Å². The molecular formula is C14H16N8O. The van der Waals surface area contributed by atoms with E-state index in [2.05, 4.69) is 40.8 Å². The summed E-state index contributed by atoms with van der Waals surface area (Å²) in [7, 11) is 0. The Kier molecular flexibility index (Phi) is 3.45. The molecule has 1 unspecified atom stereocenters. The average molecular weight is 312 g/mol. The molecule has 0 spiro atoms. The summed E-state index contributed by atoms with van der Waals surface area (Å²) in [6, 6.07) is 0. The summed E-state index contributed by atoms with van der Waals surface area (Å²) in [4.78, 5) is 13.1. The van der Waals surface area contributed by atoms with Gasteiger partial charge in [0.1, 0.15) is 11.5 Å². The van der Waals surface area contributed by atoms with Crippen LogP contribution in [0.3, 0.4) is 0 Å². The number of aromatic amines is 1. The second kappa shape index (κ2) is 5.75. The summed E-state index contributed by atoms with van der Waals surface area (Å²) in [6.07, 6.45) is 6.17. The molecule has 0 fully saturated rings. The zero-order valence-corrected chi connectivity index (χ0v) is 12.7. The Balaban J connectivity index is 1.60. The van der Waals surface area contributed by atoms with E-state index < -0.39 is 0 Å². The number of hydrogen-bond donors (Lipinski definition) is 2. The highest BCUT2D eigenvalue weighted by molar-refractivity contribution is 5.48. The van der Waals surface area contributed by atoms with Crippen molar-refractivity contribution in [1.82, 2.24) is 35.5 Å². The van der Waals surface area contributed by atoms with E-state index in [1.807, 2.05) is 6.92 Å². The molecule has 0 aromatic carbocycles.